The molecule has 0 aromatic heterocycles. The molecule has 0 radical (unpaired) electrons. The molecule has 1 aliphatic rings. The van der Waals surface area contributed by atoms with E-state index in [1.807, 2.05) is 30.0 Å². The van der Waals surface area contributed by atoms with Gasteiger partial charge in [0.2, 0.25) is 0 Å². The third kappa shape index (κ3) is 5.98. The minimum absolute atomic E-state index is 0.0378. The lowest BCUT2D eigenvalue weighted by Gasteiger charge is -2.27. The zero-order chi connectivity index (χ0) is 20.5. The van der Waals surface area contributed by atoms with Crippen LogP contribution >= 0.6 is 0 Å². The number of nitrogens with zero attached hydrogens (tertiary/aromatic N) is 1. The smallest absolute Gasteiger partial charge is 0.262 e. The van der Waals surface area contributed by atoms with E-state index in [2.05, 4.69) is 5.32 Å². The highest BCUT2D eigenvalue weighted by molar-refractivity contribution is 6.04. The first-order chi connectivity index (χ1) is 14.2. The van der Waals surface area contributed by atoms with Gasteiger partial charge in [-0.3, -0.25) is 9.59 Å². The molecular formula is C23H28N2O4. The maximum absolute atomic E-state index is 12.8. The van der Waals surface area contributed by atoms with Crippen molar-refractivity contribution in [2.45, 2.75) is 32.6 Å². The molecule has 0 spiro atoms. The van der Waals surface area contributed by atoms with E-state index in [1.54, 1.807) is 30.3 Å². The third-order valence-corrected chi connectivity index (χ3v) is 4.74. The van der Waals surface area contributed by atoms with Crippen LogP contribution in [0.5, 0.6) is 11.5 Å². The molecule has 1 heterocycles. The maximum Gasteiger partial charge on any atom is 0.262 e. The summed E-state index contributed by atoms with van der Waals surface area (Å²) in [4.78, 5) is 27.0. The normalized spacial score (nSPS) is 13.6. The lowest BCUT2D eigenvalue weighted by molar-refractivity contribution is -0.118. The van der Waals surface area contributed by atoms with E-state index < -0.39 is 0 Å². The van der Waals surface area contributed by atoms with E-state index in [-0.39, 0.29) is 18.4 Å². The van der Waals surface area contributed by atoms with Crippen LogP contribution in [-0.4, -0.2) is 43.0 Å². The van der Waals surface area contributed by atoms with Crippen molar-refractivity contribution in [3.05, 3.63) is 54.1 Å². The fraction of sp³-hybridized carbons (Fsp3) is 0.391. The predicted molar refractivity (Wildman–Crippen MR) is 113 cm³/mol. The molecule has 3 rings (SSSR count). The number of amides is 2. The number of anilines is 1. The summed E-state index contributed by atoms with van der Waals surface area (Å²) in [6, 6.07) is 14.3. The number of carbonyl (C=O) groups is 2. The van der Waals surface area contributed by atoms with Gasteiger partial charge in [0.25, 0.3) is 11.8 Å². The molecule has 154 valence electrons. The van der Waals surface area contributed by atoms with E-state index in [0.717, 1.165) is 44.5 Å². The number of piperidine rings is 1. The van der Waals surface area contributed by atoms with Gasteiger partial charge in [0.05, 0.1) is 17.9 Å². The zero-order valence-electron chi connectivity index (χ0n) is 16.9. The Bertz CT molecular complexity index is 814. The molecule has 6 heteroatoms. The fourth-order valence-corrected chi connectivity index (χ4v) is 3.23. The largest absolute Gasteiger partial charge is 0.494 e. The number of hydrogen-bond donors (Lipinski definition) is 1. The molecule has 0 bridgehead atoms. The SMILES string of the molecule is CCCOc1ccc(OCC(=O)Nc2ccccc2C(=O)N2CCCCC2)cc1. The van der Waals surface area contributed by atoms with Gasteiger partial charge in [-0.05, 0) is 62.1 Å². The van der Waals surface area contributed by atoms with Crippen molar-refractivity contribution in [2.75, 3.05) is 31.6 Å². The van der Waals surface area contributed by atoms with Crippen LogP contribution in [0.25, 0.3) is 0 Å². The quantitative estimate of drug-likeness (QED) is 0.729. The third-order valence-electron chi connectivity index (χ3n) is 4.74. The van der Waals surface area contributed by atoms with Crippen LogP contribution in [0, 0.1) is 0 Å². The Kier molecular flexibility index (Phi) is 7.50. The summed E-state index contributed by atoms with van der Waals surface area (Å²) >= 11 is 0. The molecule has 0 atom stereocenters. The van der Waals surface area contributed by atoms with E-state index in [1.165, 1.54) is 0 Å². The highest BCUT2D eigenvalue weighted by Crippen LogP contribution is 2.21. The molecule has 0 aliphatic carbocycles. The number of likely N-dealkylation sites (tertiary alicyclic amines) is 1. The number of nitrogens with one attached hydrogen (secondary N) is 1. The van der Waals surface area contributed by atoms with Crippen molar-refractivity contribution in [3.8, 4) is 11.5 Å². The number of ether oxygens (including phenoxy) is 2. The molecule has 6 nitrogen and oxygen atoms in total. The molecule has 2 amide bonds. The summed E-state index contributed by atoms with van der Waals surface area (Å²) in [7, 11) is 0. The van der Waals surface area contributed by atoms with Crippen molar-refractivity contribution in [2.24, 2.45) is 0 Å². The van der Waals surface area contributed by atoms with Gasteiger partial charge < -0.3 is 19.7 Å². The molecular weight excluding hydrogens is 368 g/mol. The van der Waals surface area contributed by atoms with Gasteiger partial charge in [0, 0.05) is 13.1 Å². The molecule has 1 fully saturated rings. The van der Waals surface area contributed by atoms with Crippen LogP contribution in [-0.2, 0) is 4.79 Å². The van der Waals surface area contributed by atoms with E-state index in [4.69, 9.17) is 9.47 Å². The molecule has 29 heavy (non-hydrogen) atoms. The molecule has 0 saturated carbocycles. The summed E-state index contributed by atoms with van der Waals surface area (Å²) in [6.07, 6.45) is 4.15. The lowest BCUT2D eigenvalue weighted by atomic mass is 10.1. The molecule has 1 aliphatic heterocycles. The molecule has 2 aromatic rings. The average molecular weight is 396 g/mol. The van der Waals surface area contributed by atoms with Gasteiger partial charge in [0.1, 0.15) is 11.5 Å². The minimum Gasteiger partial charge on any atom is -0.494 e. The number of carbonyl (C=O) groups excluding carboxylic acids is 2. The fourth-order valence-electron chi connectivity index (χ4n) is 3.23. The van der Waals surface area contributed by atoms with Crippen LogP contribution in [0.4, 0.5) is 5.69 Å². The molecule has 1 N–H and O–H groups in total. The average Bonchev–Trinajstić information content (AvgIpc) is 2.77. The van der Waals surface area contributed by atoms with Crippen molar-refractivity contribution in [1.82, 2.24) is 4.90 Å². The second-order valence-corrected chi connectivity index (χ2v) is 7.06. The van der Waals surface area contributed by atoms with Gasteiger partial charge in [0.15, 0.2) is 6.61 Å². The highest BCUT2D eigenvalue weighted by Gasteiger charge is 2.21. The zero-order valence-corrected chi connectivity index (χ0v) is 16.9. The topological polar surface area (TPSA) is 67.9 Å². The van der Waals surface area contributed by atoms with Crippen molar-refractivity contribution in [1.29, 1.82) is 0 Å². The summed E-state index contributed by atoms with van der Waals surface area (Å²) in [5, 5.41) is 2.80. The van der Waals surface area contributed by atoms with Crippen LogP contribution in [0.15, 0.2) is 48.5 Å². The monoisotopic (exact) mass is 396 g/mol. The Morgan fingerprint density at radius 1 is 0.931 bits per heavy atom. The number of hydrogen-bond acceptors (Lipinski definition) is 4. The summed E-state index contributed by atoms with van der Waals surface area (Å²) in [5.74, 6) is 1.01. The molecule has 2 aromatic carbocycles. The second-order valence-electron chi connectivity index (χ2n) is 7.06. The van der Waals surface area contributed by atoms with Crippen molar-refractivity contribution < 1.29 is 19.1 Å². The summed E-state index contributed by atoms with van der Waals surface area (Å²) in [5.41, 5.74) is 1.03. The Balaban J connectivity index is 1.56. The van der Waals surface area contributed by atoms with Crippen molar-refractivity contribution in [3.63, 3.8) is 0 Å². The number of benzene rings is 2. The maximum atomic E-state index is 12.8. The van der Waals surface area contributed by atoms with Crippen LogP contribution in [0.1, 0.15) is 43.0 Å². The summed E-state index contributed by atoms with van der Waals surface area (Å²) in [6.45, 7) is 4.11. The van der Waals surface area contributed by atoms with Gasteiger partial charge in [-0.25, -0.2) is 0 Å². The van der Waals surface area contributed by atoms with E-state index in [0.29, 0.717) is 23.6 Å². The van der Waals surface area contributed by atoms with E-state index >= 15 is 0 Å². The number of rotatable bonds is 8. The molecule has 0 unspecified atom stereocenters. The van der Waals surface area contributed by atoms with E-state index in [9.17, 15) is 9.59 Å². The standard InChI is InChI=1S/C23H28N2O4/c1-2-16-28-18-10-12-19(13-11-18)29-17-22(26)24-21-9-5-4-8-20(21)23(27)25-14-6-3-7-15-25/h4-5,8-13H,2-3,6-7,14-17H2,1H3,(H,24,26). The first-order valence-electron chi connectivity index (χ1n) is 10.2. The van der Waals surface area contributed by atoms with Crippen molar-refractivity contribution >= 4 is 17.5 Å². The Hall–Kier alpha value is -3.02. The number of para-hydroxylation sites is 1. The second kappa shape index (κ2) is 10.5. The van der Waals surface area contributed by atoms with Gasteiger partial charge in [-0.2, -0.15) is 0 Å². The van der Waals surface area contributed by atoms with Crippen LogP contribution in [0.2, 0.25) is 0 Å². The highest BCUT2D eigenvalue weighted by atomic mass is 16.5. The Labute approximate surface area is 171 Å². The van der Waals surface area contributed by atoms with Crippen LogP contribution < -0.4 is 14.8 Å². The minimum atomic E-state index is -0.310. The first-order valence-corrected chi connectivity index (χ1v) is 10.2. The van der Waals surface area contributed by atoms with Gasteiger partial charge in [-0.15, -0.1) is 0 Å². The predicted octanol–water partition coefficient (Wildman–Crippen LogP) is 4.12. The van der Waals surface area contributed by atoms with Gasteiger partial charge >= 0.3 is 0 Å². The van der Waals surface area contributed by atoms with Gasteiger partial charge in [-0.1, -0.05) is 19.1 Å². The first kappa shape index (κ1) is 20.7. The molecule has 1 saturated heterocycles. The van der Waals surface area contributed by atoms with Crippen LogP contribution in [0.3, 0.4) is 0 Å². The lowest BCUT2D eigenvalue weighted by Crippen LogP contribution is -2.36. The Morgan fingerprint density at radius 3 is 2.28 bits per heavy atom. The Morgan fingerprint density at radius 2 is 1.59 bits per heavy atom. The summed E-state index contributed by atoms with van der Waals surface area (Å²) < 4.78 is 11.1.